The van der Waals surface area contributed by atoms with Crippen molar-refractivity contribution < 1.29 is 0 Å². The summed E-state index contributed by atoms with van der Waals surface area (Å²) in [6, 6.07) is 11.9. The van der Waals surface area contributed by atoms with Gasteiger partial charge in [-0.25, -0.2) is 4.98 Å². The van der Waals surface area contributed by atoms with Crippen LogP contribution >= 0.6 is 11.8 Å². The van der Waals surface area contributed by atoms with E-state index in [9.17, 15) is 0 Å². The summed E-state index contributed by atoms with van der Waals surface area (Å²) in [5, 5.41) is 8.47. The van der Waals surface area contributed by atoms with E-state index in [-0.39, 0.29) is 0 Å². The van der Waals surface area contributed by atoms with Gasteiger partial charge in [0, 0.05) is 17.4 Å². The molecule has 96 valence electrons. The van der Waals surface area contributed by atoms with Crippen LogP contribution in [0.15, 0.2) is 41.6 Å². The number of benzene rings is 1. The van der Waals surface area contributed by atoms with E-state index in [1.807, 2.05) is 49.6 Å². The van der Waals surface area contributed by atoms with Crippen molar-refractivity contribution >= 4 is 29.0 Å². The molecule has 0 saturated carbocycles. The third kappa shape index (κ3) is 2.39. The molecule has 0 saturated heterocycles. The van der Waals surface area contributed by atoms with Crippen LogP contribution in [-0.2, 0) is 0 Å². The van der Waals surface area contributed by atoms with Crippen molar-refractivity contribution in [1.82, 2.24) is 19.6 Å². The molecule has 1 N–H and O–H groups in total. The highest BCUT2D eigenvalue weighted by molar-refractivity contribution is 7.98. The summed E-state index contributed by atoms with van der Waals surface area (Å²) in [6.45, 7) is 1.95. The molecule has 1 aromatic carbocycles. The van der Waals surface area contributed by atoms with Gasteiger partial charge in [0.2, 0.25) is 5.16 Å². The number of nitrogens with zero attached hydrogens (tertiary/aromatic N) is 4. The molecule has 0 amide bonds. The van der Waals surface area contributed by atoms with Crippen LogP contribution < -0.4 is 5.32 Å². The molecule has 6 heteroatoms. The van der Waals surface area contributed by atoms with Crippen LogP contribution in [0.5, 0.6) is 0 Å². The van der Waals surface area contributed by atoms with E-state index in [1.165, 1.54) is 11.8 Å². The molecule has 0 unspecified atom stereocenters. The minimum atomic E-state index is 0.614. The third-order valence-corrected chi connectivity index (χ3v) is 3.19. The van der Waals surface area contributed by atoms with Gasteiger partial charge in [0.05, 0.1) is 0 Å². The average molecular weight is 271 g/mol. The summed E-state index contributed by atoms with van der Waals surface area (Å²) in [5.74, 6) is 1.48. The Bertz CT molecular complexity index is 708. The number of para-hydroxylation sites is 1. The molecule has 19 heavy (non-hydrogen) atoms. The van der Waals surface area contributed by atoms with Gasteiger partial charge in [-0.05, 0) is 25.3 Å². The van der Waals surface area contributed by atoms with Gasteiger partial charge in [-0.3, -0.25) is 0 Å². The number of anilines is 2. The van der Waals surface area contributed by atoms with Crippen molar-refractivity contribution in [3.63, 3.8) is 0 Å². The Morgan fingerprint density at radius 3 is 2.68 bits per heavy atom. The SMILES string of the molecule is CSc1nc2nc(C)cc(Nc3ccccc3)n2n1. The summed E-state index contributed by atoms with van der Waals surface area (Å²) in [4.78, 5) is 8.74. The van der Waals surface area contributed by atoms with Gasteiger partial charge >= 0.3 is 0 Å². The number of fused-ring (bicyclic) bond motifs is 1. The summed E-state index contributed by atoms with van der Waals surface area (Å²) in [5.41, 5.74) is 1.92. The standard InChI is InChI=1S/C13H13N5S/c1-9-8-11(15-10-6-4-3-5-7-10)18-12(14-9)16-13(17-18)19-2/h3-8,15H,1-2H3. The van der Waals surface area contributed by atoms with Crippen molar-refractivity contribution in [2.24, 2.45) is 0 Å². The van der Waals surface area contributed by atoms with Gasteiger partial charge in [0.15, 0.2) is 0 Å². The third-order valence-electron chi connectivity index (χ3n) is 2.65. The lowest BCUT2D eigenvalue weighted by atomic mass is 10.3. The minimum Gasteiger partial charge on any atom is -0.340 e. The minimum absolute atomic E-state index is 0.614. The zero-order chi connectivity index (χ0) is 13.2. The van der Waals surface area contributed by atoms with E-state index in [0.717, 1.165) is 17.2 Å². The number of aromatic nitrogens is 4. The molecule has 0 radical (unpaired) electrons. The normalized spacial score (nSPS) is 10.8. The Hall–Kier alpha value is -2.08. The van der Waals surface area contributed by atoms with E-state index in [4.69, 9.17) is 0 Å². The van der Waals surface area contributed by atoms with Crippen LogP contribution in [0.25, 0.3) is 5.78 Å². The second-order valence-corrected chi connectivity index (χ2v) is 4.86. The van der Waals surface area contributed by atoms with E-state index >= 15 is 0 Å². The average Bonchev–Trinajstić information content (AvgIpc) is 2.83. The van der Waals surface area contributed by atoms with Crippen molar-refractivity contribution in [1.29, 1.82) is 0 Å². The van der Waals surface area contributed by atoms with Crippen LogP contribution in [-0.4, -0.2) is 25.8 Å². The summed E-state index contributed by atoms with van der Waals surface area (Å²) in [6.07, 6.45) is 1.95. The second-order valence-electron chi connectivity index (χ2n) is 4.08. The number of aryl methyl sites for hydroxylation is 1. The molecule has 0 atom stereocenters. The zero-order valence-electron chi connectivity index (χ0n) is 10.7. The van der Waals surface area contributed by atoms with E-state index in [0.29, 0.717) is 10.9 Å². The predicted molar refractivity (Wildman–Crippen MR) is 77.0 cm³/mol. The van der Waals surface area contributed by atoms with E-state index < -0.39 is 0 Å². The van der Waals surface area contributed by atoms with Gasteiger partial charge in [-0.1, -0.05) is 30.0 Å². The lowest BCUT2D eigenvalue weighted by Gasteiger charge is -2.08. The fourth-order valence-electron chi connectivity index (χ4n) is 1.81. The topological polar surface area (TPSA) is 55.1 Å². The maximum absolute atomic E-state index is 4.41. The van der Waals surface area contributed by atoms with Crippen LogP contribution in [0.3, 0.4) is 0 Å². The van der Waals surface area contributed by atoms with Crippen LogP contribution in [0.4, 0.5) is 11.5 Å². The molecule has 0 aliphatic carbocycles. The lowest BCUT2D eigenvalue weighted by molar-refractivity contribution is 0.884. The monoisotopic (exact) mass is 271 g/mol. The Morgan fingerprint density at radius 2 is 1.95 bits per heavy atom. The molecule has 0 fully saturated rings. The quantitative estimate of drug-likeness (QED) is 0.742. The molecule has 2 aromatic heterocycles. The number of hydrogen-bond acceptors (Lipinski definition) is 5. The van der Waals surface area contributed by atoms with Crippen LogP contribution in [0.1, 0.15) is 5.69 Å². The number of rotatable bonds is 3. The number of thioether (sulfide) groups is 1. The Labute approximate surface area is 115 Å². The fourth-order valence-corrected chi connectivity index (χ4v) is 2.15. The maximum atomic E-state index is 4.41. The highest BCUT2D eigenvalue weighted by Crippen LogP contribution is 2.19. The molecule has 2 heterocycles. The Morgan fingerprint density at radius 1 is 1.16 bits per heavy atom. The highest BCUT2D eigenvalue weighted by Gasteiger charge is 2.09. The number of hydrogen-bond donors (Lipinski definition) is 1. The summed E-state index contributed by atoms with van der Waals surface area (Å²) < 4.78 is 1.73. The van der Waals surface area contributed by atoms with Gasteiger partial charge in [0.25, 0.3) is 5.78 Å². The highest BCUT2D eigenvalue weighted by atomic mass is 32.2. The maximum Gasteiger partial charge on any atom is 0.255 e. The number of nitrogens with one attached hydrogen (secondary N) is 1. The van der Waals surface area contributed by atoms with Crippen molar-refractivity contribution in [3.05, 3.63) is 42.1 Å². The van der Waals surface area contributed by atoms with Gasteiger partial charge in [-0.2, -0.15) is 9.50 Å². The van der Waals surface area contributed by atoms with Crippen molar-refractivity contribution in [3.8, 4) is 0 Å². The molecule has 3 aromatic rings. The summed E-state index contributed by atoms with van der Waals surface area (Å²) in [7, 11) is 0. The van der Waals surface area contributed by atoms with Gasteiger partial charge in [-0.15, -0.1) is 5.10 Å². The Kier molecular flexibility index (Phi) is 3.08. The largest absolute Gasteiger partial charge is 0.340 e. The van der Waals surface area contributed by atoms with Gasteiger partial charge < -0.3 is 5.32 Å². The van der Waals surface area contributed by atoms with E-state index in [1.54, 1.807) is 4.52 Å². The molecule has 3 rings (SSSR count). The zero-order valence-corrected chi connectivity index (χ0v) is 11.5. The molecule has 5 nitrogen and oxygen atoms in total. The molecular formula is C13H13N5S. The van der Waals surface area contributed by atoms with Crippen LogP contribution in [0, 0.1) is 6.92 Å². The first-order chi connectivity index (χ1) is 9.26. The first-order valence-corrected chi connectivity index (χ1v) is 7.09. The second kappa shape index (κ2) is 4.89. The first kappa shape index (κ1) is 12.0. The fraction of sp³-hybridized carbons (Fsp3) is 0.154. The molecule has 0 bridgehead atoms. The lowest BCUT2D eigenvalue weighted by Crippen LogP contribution is -2.02. The van der Waals surface area contributed by atoms with Crippen molar-refractivity contribution in [2.45, 2.75) is 12.1 Å². The predicted octanol–water partition coefficient (Wildman–Crippen LogP) is 2.90. The molecule has 0 aliphatic heterocycles. The van der Waals surface area contributed by atoms with Gasteiger partial charge in [0.1, 0.15) is 5.82 Å². The Balaban J connectivity index is 2.09. The van der Waals surface area contributed by atoms with Crippen LogP contribution in [0.2, 0.25) is 0 Å². The smallest absolute Gasteiger partial charge is 0.255 e. The van der Waals surface area contributed by atoms with Crippen molar-refractivity contribution in [2.75, 3.05) is 11.6 Å². The van der Waals surface area contributed by atoms with E-state index in [2.05, 4.69) is 20.4 Å². The molecule has 0 aliphatic rings. The summed E-state index contributed by atoms with van der Waals surface area (Å²) >= 11 is 1.50. The first-order valence-electron chi connectivity index (χ1n) is 5.87. The molecular weight excluding hydrogens is 258 g/mol. The molecule has 0 spiro atoms.